The van der Waals surface area contributed by atoms with Gasteiger partial charge in [0.2, 0.25) is 5.78 Å². The van der Waals surface area contributed by atoms with Gasteiger partial charge in [0.1, 0.15) is 10.6 Å². The number of hydrogen-bond acceptors (Lipinski definition) is 5. The second-order valence-corrected chi connectivity index (χ2v) is 5.30. The van der Waals surface area contributed by atoms with Crippen LogP contribution in [0.3, 0.4) is 0 Å². The van der Waals surface area contributed by atoms with E-state index in [-0.39, 0.29) is 10.9 Å². The first-order chi connectivity index (χ1) is 10.6. The molecule has 2 heterocycles. The Bertz CT molecular complexity index is 809. The van der Waals surface area contributed by atoms with Crippen LogP contribution in [0.4, 0.5) is 9.93 Å². The van der Waals surface area contributed by atoms with Crippen LogP contribution < -0.4 is 5.32 Å². The molecule has 0 unspecified atom stereocenters. The van der Waals surface area contributed by atoms with Gasteiger partial charge in [0.25, 0.3) is 0 Å². The largest absolute Gasteiger partial charge is 0.465 e. The normalized spacial score (nSPS) is 10.4. The molecule has 3 aromatic rings. The Labute approximate surface area is 129 Å². The van der Waals surface area contributed by atoms with Crippen LogP contribution in [-0.4, -0.2) is 22.0 Å². The summed E-state index contributed by atoms with van der Waals surface area (Å²) in [7, 11) is 0. The van der Waals surface area contributed by atoms with E-state index in [0.717, 1.165) is 11.3 Å². The number of furan rings is 1. The Kier molecular flexibility index (Phi) is 3.71. The van der Waals surface area contributed by atoms with Gasteiger partial charge in [-0.15, -0.1) is 0 Å². The Hall–Kier alpha value is -2.93. The SMILES string of the molecule is O=C(O)Nc1nc(-c2ccco2)c(C(=O)c2ccccc2)s1. The summed E-state index contributed by atoms with van der Waals surface area (Å²) >= 11 is 0.976. The van der Waals surface area contributed by atoms with Crippen LogP contribution in [0.1, 0.15) is 15.2 Å². The van der Waals surface area contributed by atoms with E-state index in [0.29, 0.717) is 21.9 Å². The van der Waals surface area contributed by atoms with Crippen molar-refractivity contribution >= 4 is 28.3 Å². The lowest BCUT2D eigenvalue weighted by Gasteiger charge is -1.99. The molecule has 0 fully saturated rings. The predicted molar refractivity (Wildman–Crippen MR) is 81.3 cm³/mol. The van der Waals surface area contributed by atoms with Crippen LogP contribution >= 0.6 is 11.3 Å². The molecule has 2 aromatic heterocycles. The molecule has 22 heavy (non-hydrogen) atoms. The Morgan fingerprint density at radius 2 is 1.91 bits per heavy atom. The molecular formula is C15H10N2O4S. The molecule has 0 saturated carbocycles. The lowest BCUT2D eigenvalue weighted by atomic mass is 10.1. The summed E-state index contributed by atoms with van der Waals surface area (Å²) < 4.78 is 5.28. The van der Waals surface area contributed by atoms with E-state index in [1.807, 2.05) is 6.07 Å². The fraction of sp³-hybridized carbons (Fsp3) is 0. The lowest BCUT2D eigenvalue weighted by Crippen LogP contribution is -2.06. The zero-order valence-corrected chi connectivity index (χ0v) is 12.0. The molecule has 0 aliphatic rings. The van der Waals surface area contributed by atoms with Crippen molar-refractivity contribution in [2.24, 2.45) is 0 Å². The summed E-state index contributed by atoms with van der Waals surface area (Å²) in [5.74, 6) is 0.178. The summed E-state index contributed by atoms with van der Waals surface area (Å²) in [5.41, 5.74) is 0.827. The number of nitrogens with zero attached hydrogens (tertiary/aromatic N) is 1. The molecule has 0 radical (unpaired) electrons. The van der Waals surface area contributed by atoms with E-state index in [4.69, 9.17) is 9.52 Å². The van der Waals surface area contributed by atoms with Crippen molar-refractivity contribution in [1.82, 2.24) is 4.98 Å². The Balaban J connectivity index is 2.07. The lowest BCUT2D eigenvalue weighted by molar-refractivity contribution is 0.104. The van der Waals surface area contributed by atoms with Gasteiger partial charge in [0.05, 0.1) is 6.26 Å². The van der Waals surface area contributed by atoms with Crippen molar-refractivity contribution in [3.8, 4) is 11.5 Å². The van der Waals surface area contributed by atoms with E-state index in [9.17, 15) is 9.59 Å². The molecule has 7 heteroatoms. The highest BCUT2D eigenvalue weighted by Gasteiger charge is 2.22. The van der Waals surface area contributed by atoms with Crippen LogP contribution in [0.5, 0.6) is 0 Å². The molecule has 2 N–H and O–H groups in total. The van der Waals surface area contributed by atoms with Crippen LogP contribution in [0.2, 0.25) is 0 Å². The molecule has 0 bridgehead atoms. The minimum atomic E-state index is -1.24. The van der Waals surface area contributed by atoms with Crippen molar-refractivity contribution < 1.29 is 19.1 Å². The Morgan fingerprint density at radius 3 is 2.55 bits per heavy atom. The van der Waals surface area contributed by atoms with Crippen LogP contribution in [0, 0.1) is 0 Å². The standard InChI is InChI=1S/C15H10N2O4S/c18-12(9-5-2-1-3-6-9)13-11(10-7-4-8-21-10)16-14(22-13)17-15(19)20/h1-8H,(H,16,17)(H,19,20). The number of carbonyl (C=O) groups is 2. The van der Waals surface area contributed by atoms with Crippen molar-refractivity contribution in [2.75, 3.05) is 5.32 Å². The van der Waals surface area contributed by atoms with E-state index in [1.54, 1.807) is 36.4 Å². The molecule has 6 nitrogen and oxygen atoms in total. The molecule has 110 valence electrons. The maximum Gasteiger partial charge on any atom is 0.410 e. The number of aromatic nitrogens is 1. The zero-order valence-electron chi connectivity index (χ0n) is 11.1. The number of rotatable bonds is 4. The van der Waals surface area contributed by atoms with Gasteiger partial charge in [-0.25, -0.2) is 9.78 Å². The van der Waals surface area contributed by atoms with E-state index in [1.165, 1.54) is 6.26 Å². The fourth-order valence-corrected chi connectivity index (χ4v) is 2.84. The van der Waals surface area contributed by atoms with E-state index >= 15 is 0 Å². The number of amides is 1. The average Bonchev–Trinajstić information content (AvgIpc) is 3.15. The summed E-state index contributed by atoms with van der Waals surface area (Å²) in [5, 5.41) is 11.1. The van der Waals surface area contributed by atoms with Crippen molar-refractivity contribution in [1.29, 1.82) is 0 Å². The summed E-state index contributed by atoms with van der Waals surface area (Å²) in [6, 6.07) is 12.1. The van der Waals surface area contributed by atoms with Gasteiger partial charge in [-0.3, -0.25) is 10.1 Å². The number of carbonyl (C=O) groups excluding carboxylic acids is 1. The highest BCUT2D eigenvalue weighted by molar-refractivity contribution is 7.18. The number of carboxylic acid groups (broad SMARTS) is 1. The minimum absolute atomic E-state index is 0.123. The number of benzene rings is 1. The average molecular weight is 314 g/mol. The third kappa shape index (κ3) is 2.75. The van der Waals surface area contributed by atoms with Gasteiger partial charge in [0, 0.05) is 5.56 Å². The maximum absolute atomic E-state index is 12.6. The first-order valence-electron chi connectivity index (χ1n) is 6.29. The summed E-state index contributed by atoms with van der Waals surface area (Å²) in [6.45, 7) is 0. The third-order valence-corrected chi connectivity index (χ3v) is 3.81. The molecule has 0 spiro atoms. The highest BCUT2D eigenvalue weighted by atomic mass is 32.1. The first-order valence-corrected chi connectivity index (χ1v) is 7.11. The van der Waals surface area contributed by atoms with Gasteiger partial charge in [-0.05, 0) is 12.1 Å². The topological polar surface area (TPSA) is 92.4 Å². The van der Waals surface area contributed by atoms with Crippen molar-refractivity contribution in [3.63, 3.8) is 0 Å². The highest BCUT2D eigenvalue weighted by Crippen LogP contribution is 2.33. The van der Waals surface area contributed by atoms with Crippen molar-refractivity contribution in [3.05, 3.63) is 59.2 Å². The number of ketones is 1. The molecule has 0 aliphatic carbocycles. The predicted octanol–water partition coefficient (Wildman–Crippen LogP) is 3.72. The zero-order chi connectivity index (χ0) is 15.5. The number of thiazole rings is 1. The molecule has 1 aromatic carbocycles. The van der Waals surface area contributed by atoms with E-state index in [2.05, 4.69) is 10.3 Å². The molecule has 0 aliphatic heterocycles. The second kappa shape index (κ2) is 5.82. The van der Waals surface area contributed by atoms with Gasteiger partial charge >= 0.3 is 6.09 Å². The monoisotopic (exact) mass is 314 g/mol. The van der Waals surface area contributed by atoms with Gasteiger partial charge < -0.3 is 9.52 Å². The van der Waals surface area contributed by atoms with Crippen LogP contribution in [0.15, 0.2) is 53.1 Å². The number of nitrogens with one attached hydrogen (secondary N) is 1. The van der Waals surface area contributed by atoms with Crippen molar-refractivity contribution in [2.45, 2.75) is 0 Å². The first kappa shape index (κ1) is 14.0. The number of hydrogen-bond donors (Lipinski definition) is 2. The quantitative estimate of drug-likeness (QED) is 0.716. The van der Waals surface area contributed by atoms with E-state index < -0.39 is 6.09 Å². The molecule has 0 atom stereocenters. The molecular weight excluding hydrogens is 304 g/mol. The molecule has 1 amide bonds. The second-order valence-electron chi connectivity index (χ2n) is 4.30. The van der Waals surface area contributed by atoms with Gasteiger partial charge in [-0.1, -0.05) is 41.7 Å². The van der Waals surface area contributed by atoms with Gasteiger partial charge in [0.15, 0.2) is 10.9 Å². The summed E-state index contributed by atoms with van der Waals surface area (Å²) in [6.07, 6.45) is 0.230. The smallest absolute Gasteiger partial charge is 0.410 e. The minimum Gasteiger partial charge on any atom is -0.465 e. The van der Waals surface area contributed by atoms with Crippen LogP contribution in [0.25, 0.3) is 11.5 Å². The van der Waals surface area contributed by atoms with Gasteiger partial charge in [-0.2, -0.15) is 0 Å². The maximum atomic E-state index is 12.6. The van der Waals surface area contributed by atoms with Crippen LogP contribution in [-0.2, 0) is 0 Å². The summed E-state index contributed by atoms with van der Waals surface area (Å²) in [4.78, 5) is 27.9. The fourth-order valence-electron chi connectivity index (χ4n) is 1.92. The third-order valence-electron chi connectivity index (χ3n) is 2.84. The molecule has 0 saturated heterocycles. The molecule has 3 rings (SSSR count). The Morgan fingerprint density at radius 1 is 1.14 bits per heavy atom. The number of anilines is 1.